The van der Waals surface area contributed by atoms with Gasteiger partial charge in [0.2, 0.25) is 17.7 Å². The van der Waals surface area contributed by atoms with Crippen LogP contribution in [0.2, 0.25) is 0 Å². The molecule has 0 spiro atoms. The number of nitrogens with zero attached hydrogens (tertiary/aromatic N) is 2. The Morgan fingerprint density at radius 3 is 2.49 bits per heavy atom. The van der Waals surface area contributed by atoms with E-state index in [-0.39, 0.29) is 69.9 Å². The van der Waals surface area contributed by atoms with Crippen molar-refractivity contribution in [3.8, 4) is 0 Å². The smallest absolute Gasteiger partial charge is 0.305 e. The molecule has 2 aromatic rings. The number of ether oxygens (including phenoxy) is 1. The van der Waals surface area contributed by atoms with Gasteiger partial charge in [-0.3, -0.25) is 24.1 Å². The van der Waals surface area contributed by atoms with Gasteiger partial charge in [-0.05, 0) is 29.7 Å². The molecule has 2 bridgehead atoms. The Morgan fingerprint density at radius 2 is 1.74 bits per heavy atom. The monoisotopic (exact) mass is 511 g/mol. The number of thiazole rings is 1. The molecule has 3 aliphatic heterocycles. The molecule has 1 aromatic heterocycles. The maximum absolute atomic E-state index is 13.6. The van der Waals surface area contributed by atoms with Crippen LogP contribution in [0, 0.1) is 29.6 Å². The molecule has 35 heavy (non-hydrogen) atoms. The van der Waals surface area contributed by atoms with E-state index in [4.69, 9.17) is 4.74 Å². The third-order valence-electron chi connectivity index (χ3n) is 8.63. The predicted octanol–water partition coefficient (Wildman–Crippen LogP) is 1.77. The standard InChI is InChI=1S/C25H25N3O5S2/c29-15(27-6-8-33-9-7-27)11-28-23(30)18-13-10-14(19(18)24(28)31)20-17(13)16(12-4-2-1-3-5-12)21-22(34-20)26-25(32)35-21/h1-5,13-14,16-20H,6-11H2,(H,26,32). The lowest BCUT2D eigenvalue weighted by Gasteiger charge is -2.43. The number of imide groups is 1. The van der Waals surface area contributed by atoms with Crippen LogP contribution in [0.1, 0.15) is 22.8 Å². The van der Waals surface area contributed by atoms with E-state index in [1.54, 1.807) is 16.7 Å². The number of carbonyl (C=O) groups is 3. The van der Waals surface area contributed by atoms with Gasteiger partial charge in [0.25, 0.3) is 0 Å². The van der Waals surface area contributed by atoms with Crippen LogP contribution < -0.4 is 4.87 Å². The van der Waals surface area contributed by atoms with Crippen LogP contribution in [0.25, 0.3) is 0 Å². The lowest BCUT2D eigenvalue weighted by molar-refractivity contribution is -0.148. The first-order chi connectivity index (χ1) is 17.0. The number of likely N-dealkylation sites (tertiary alicyclic amines) is 1. The number of H-pyrrole nitrogens is 1. The summed E-state index contributed by atoms with van der Waals surface area (Å²) in [6.07, 6.45) is 0.850. The number of aromatic nitrogens is 1. The third-order valence-corrected chi connectivity index (χ3v) is 11.2. The lowest BCUT2D eigenvalue weighted by Crippen LogP contribution is -2.47. The Morgan fingerprint density at radius 1 is 1.03 bits per heavy atom. The summed E-state index contributed by atoms with van der Waals surface area (Å²) < 4.78 is 5.32. The molecule has 1 aromatic carbocycles. The number of hydrogen-bond donors (Lipinski definition) is 1. The first-order valence-corrected chi connectivity index (χ1v) is 13.9. The van der Waals surface area contributed by atoms with E-state index in [0.717, 1.165) is 21.9 Å². The number of amides is 3. The van der Waals surface area contributed by atoms with Crippen molar-refractivity contribution in [3.63, 3.8) is 0 Å². The topological polar surface area (TPSA) is 99.8 Å². The average Bonchev–Trinajstić information content (AvgIpc) is 3.61. The summed E-state index contributed by atoms with van der Waals surface area (Å²) in [4.78, 5) is 59.2. The number of rotatable bonds is 3. The number of hydrogen-bond acceptors (Lipinski definition) is 7. The summed E-state index contributed by atoms with van der Waals surface area (Å²) in [5.41, 5.74) is 1.15. The maximum atomic E-state index is 13.6. The van der Waals surface area contributed by atoms with Crippen molar-refractivity contribution in [3.05, 3.63) is 50.4 Å². The van der Waals surface area contributed by atoms with Gasteiger partial charge in [0, 0.05) is 29.1 Å². The van der Waals surface area contributed by atoms with E-state index >= 15 is 0 Å². The molecule has 4 heterocycles. The van der Waals surface area contributed by atoms with Crippen molar-refractivity contribution in [1.29, 1.82) is 0 Å². The minimum absolute atomic E-state index is 0.0317. The van der Waals surface area contributed by atoms with Gasteiger partial charge >= 0.3 is 4.87 Å². The summed E-state index contributed by atoms with van der Waals surface area (Å²) in [5.74, 6) is -0.927. The first-order valence-electron chi connectivity index (χ1n) is 12.2. The molecule has 8 nitrogen and oxygen atoms in total. The second-order valence-electron chi connectivity index (χ2n) is 10.1. The number of benzene rings is 1. The molecule has 2 saturated heterocycles. The predicted molar refractivity (Wildman–Crippen MR) is 129 cm³/mol. The Labute approximate surface area is 210 Å². The molecular formula is C25H25N3O5S2. The van der Waals surface area contributed by atoms with E-state index in [0.29, 0.717) is 26.3 Å². The van der Waals surface area contributed by atoms with Crippen LogP contribution in [-0.2, 0) is 19.1 Å². The zero-order valence-electron chi connectivity index (χ0n) is 18.9. The van der Waals surface area contributed by atoms with Gasteiger partial charge in [-0.2, -0.15) is 0 Å². The van der Waals surface area contributed by atoms with Crippen LogP contribution in [0.5, 0.6) is 0 Å². The van der Waals surface area contributed by atoms with Crippen LogP contribution in [0.3, 0.4) is 0 Å². The number of carbonyl (C=O) groups excluding carboxylic acids is 3. The van der Waals surface area contributed by atoms with E-state index < -0.39 is 0 Å². The summed E-state index contributed by atoms with van der Waals surface area (Å²) in [6.45, 7) is 1.78. The van der Waals surface area contributed by atoms with Gasteiger partial charge in [-0.15, -0.1) is 11.8 Å². The summed E-state index contributed by atoms with van der Waals surface area (Å²) >= 11 is 2.95. The van der Waals surface area contributed by atoms with Crippen molar-refractivity contribution < 1.29 is 19.1 Å². The van der Waals surface area contributed by atoms with Crippen molar-refractivity contribution in [1.82, 2.24) is 14.8 Å². The molecule has 10 heteroatoms. The minimum Gasteiger partial charge on any atom is -0.378 e. The SMILES string of the molecule is O=C(CN1C(=O)C2C3CC(C2C1=O)C1C(c2ccccc2)c2sc(=O)[nH]c2SC31)N1CCOCC1. The molecule has 7 unspecified atom stereocenters. The van der Waals surface area contributed by atoms with Gasteiger partial charge in [0.1, 0.15) is 6.54 Å². The molecule has 2 saturated carbocycles. The third kappa shape index (κ3) is 3.15. The Hall–Kier alpha value is -2.43. The van der Waals surface area contributed by atoms with Crippen LogP contribution in [0.15, 0.2) is 40.2 Å². The minimum atomic E-state index is -0.365. The fourth-order valence-corrected chi connectivity index (χ4v) is 10.2. The van der Waals surface area contributed by atoms with E-state index in [1.807, 2.05) is 18.2 Å². The Kier molecular flexibility index (Phi) is 5.01. The van der Waals surface area contributed by atoms with Gasteiger partial charge in [-0.1, -0.05) is 41.7 Å². The van der Waals surface area contributed by atoms with Crippen LogP contribution >= 0.6 is 23.1 Å². The second kappa shape index (κ2) is 8.04. The number of fused-ring (bicyclic) bond motifs is 9. The summed E-state index contributed by atoms with van der Waals surface area (Å²) in [7, 11) is 0. The molecule has 2 aliphatic carbocycles. The van der Waals surface area contributed by atoms with E-state index in [9.17, 15) is 19.2 Å². The highest BCUT2D eigenvalue weighted by Gasteiger charge is 2.69. The molecule has 7 atom stereocenters. The number of aromatic amines is 1. The fourth-order valence-electron chi connectivity index (χ4n) is 7.32. The lowest BCUT2D eigenvalue weighted by atomic mass is 9.68. The van der Waals surface area contributed by atoms with Crippen molar-refractivity contribution in [2.75, 3.05) is 32.8 Å². The fraction of sp³-hybridized carbons (Fsp3) is 0.520. The highest BCUT2D eigenvalue weighted by molar-refractivity contribution is 8.00. The molecular weight excluding hydrogens is 486 g/mol. The first kappa shape index (κ1) is 21.8. The van der Waals surface area contributed by atoms with Gasteiger partial charge < -0.3 is 14.6 Å². The van der Waals surface area contributed by atoms with Gasteiger partial charge in [-0.25, -0.2) is 0 Å². The largest absolute Gasteiger partial charge is 0.378 e. The maximum Gasteiger partial charge on any atom is 0.305 e. The summed E-state index contributed by atoms with van der Waals surface area (Å²) in [6, 6.07) is 10.2. The van der Waals surface area contributed by atoms with Gasteiger partial charge in [0.05, 0.1) is 30.1 Å². The zero-order chi connectivity index (χ0) is 23.8. The van der Waals surface area contributed by atoms with Crippen molar-refractivity contribution in [2.45, 2.75) is 22.6 Å². The molecule has 4 fully saturated rings. The highest BCUT2D eigenvalue weighted by Crippen LogP contribution is 2.68. The number of thioether (sulfide) groups is 1. The van der Waals surface area contributed by atoms with Gasteiger partial charge in [0.15, 0.2) is 0 Å². The van der Waals surface area contributed by atoms with Crippen LogP contribution in [0.4, 0.5) is 0 Å². The second-order valence-corrected chi connectivity index (χ2v) is 12.3. The highest BCUT2D eigenvalue weighted by atomic mass is 32.2. The number of nitrogens with one attached hydrogen (secondary N) is 1. The Bertz CT molecular complexity index is 1270. The van der Waals surface area contributed by atoms with E-state index in [1.165, 1.54) is 16.2 Å². The summed E-state index contributed by atoms with van der Waals surface area (Å²) in [5, 5.41) is 1.08. The average molecular weight is 512 g/mol. The molecule has 1 N–H and O–H groups in total. The molecule has 7 rings (SSSR count). The Balaban J connectivity index is 1.22. The normalized spacial score (nSPS) is 35.3. The molecule has 3 amide bonds. The van der Waals surface area contributed by atoms with Crippen molar-refractivity contribution in [2.24, 2.45) is 29.6 Å². The van der Waals surface area contributed by atoms with Crippen LogP contribution in [-0.4, -0.2) is 70.6 Å². The zero-order valence-corrected chi connectivity index (χ0v) is 20.6. The molecule has 0 radical (unpaired) electrons. The molecule has 5 aliphatic rings. The molecule has 182 valence electrons. The number of morpholine rings is 1. The quantitative estimate of drug-likeness (QED) is 0.631. The van der Waals surface area contributed by atoms with E-state index in [2.05, 4.69) is 17.1 Å². The van der Waals surface area contributed by atoms with Crippen molar-refractivity contribution >= 4 is 40.8 Å².